The van der Waals surface area contributed by atoms with Gasteiger partial charge in [-0.1, -0.05) is 6.08 Å². The maximum atomic E-state index is 14.7. The van der Waals surface area contributed by atoms with Gasteiger partial charge in [-0.3, -0.25) is 4.68 Å². The second kappa shape index (κ2) is 11.2. The van der Waals surface area contributed by atoms with Gasteiger partial charge in [0.2, 0.25) is 0 Å². The molecule has 0 spiro atoms. The number of rotatable bonds is 8. The van der Waals surface area contributed by atoms with Crippen LogP contribution in [0.15, 0.2) is 72.8 Å². The van der Waals surface area contributed by atoms with Crippen LogP contribution in [0.1, 0.15) is 42.9 Å². The minimum absolute atomic E-state index is 0.312. The highest BCUT2D eigenvalue weighted by molar-refractivity contribution is 8.01. The molecule has 0 amide bonds. The molecular weight excluding hydrogens is 514 g/mol. The number of anilines is 1. The van der Waals surface area contributed by atoms with Gasteiger partial charge in [-0.2, -0.15) is 5.10 Å². The fraction of sp³-hybridized carbons (Fsp3) is 0.267. The fourth-order valence-corrected chi connectivity index (χ4v) is 5.70. The summed E-state index contributed by atoms with van der Waals surface area (Å²) < 4.78 is 33.8. The van der Waals surface area contributed by atoms with Gasteiger partial charge in [0.25, 0.3) is 0 Å². The van der Waals surface area contributed by atoms with Crippen molar-refractivity contribution in [1.29, 1.82) is 5.41 Å². The zero-order chi connectivity index (χ0) is 26.8. The summed E-state index contributed by atoms with van der Waals surface area (Å²) in [6.45, 7) is 2.02. The van der Waals surface area contributed by atoms with Crippen LogP contribution < -0.4 is 15.4 Å². The molecule has 3 heterocycles. The second-order valence-electron chi connectivity index (χ2n) is 10.1. The number of nitrogens with zero attached hydrogens (tertiary/aromatic N) is 2. The number of hydrogen-bond acceptors (Lipinski definition) is 6. The van der Waals surface area contributed by atoms with Crippen molar-refractivity contribution >= 4 is 35.0 Å². The van der Waals surface area contributed by atoms with Crippen molar-refractivity contribution in [2.24, 2.45) is 0 Å². The average molecular weight is 545 g/mol. The van der Waals surface area contributed by atoms with Crippen LogP contribution in [0.2, 0.25) is 0 Å². The molecule has 2 aliphatic heterocycles. The van der Waals surface area contributed by atoms with Crippen LogP contribution in [0.5, 0.6) is 0 Å². The van der Waals surface area contributed by atoms with Gasteiger partial charge in [-0.15, -0.1) is 0 Å². The summed E-state index contributed by atoms with van der Waals surface area (Å²) in [4.78, 5) is 0. The zero-order valence-corrected chi connectivity index (χ0v) is 22.2. The fourth-order valence-electron chi connectivity index (χ4n) is 4.90. The Labute approximate surface area is 230 Å². The first kappa shape index (κ1) is 25.6. The normalized spacial score (nSPS) is 18.9. The largest absolute Gasteiger partial charge is 0.361 e. The third-order valence-corrected chi connectivity index (χ3v) is 8.38. The maximum Gasteiger partial charge on any atom is 0.133 e. The molecule has 39 heavy (non-hydrogen) atoms. The molecule has 0 atom stereocenters. The smallest absolute Gasteiger partial charge is 0.133 e. The number of allylic oxidation sites excluding steroid dienone is 4. The summed E-state index contributed by atoms with van der Waals surface area (Å²) in [7, 11) is 0. The molecule has 1 saturated carbocycles. The second-order valence-corrected chi connectivity index (χ2v) is 11.2. The molecule has 0 radical (unpaired) electrons. The molecule has 1 aliphatic carbocycles. The molecule has 1 aromatic heterocycles. The van der Waals surface area contributed by atoms with E-state index < -0.39 is 11.6 Å². The number of aromatic nitrogens is 2. The van der Waals surface area contributed by atoms with Crippen molar-refractivity contribution in [1.82, 2.24) is 20.4 Å². The van der Waals surface area contributed by atoms with Crippen molar-refractivity contribution in [2.75, 3.05) is 17.8 Å². The molecule has 4 N–H and O–H groups in total. The number of hydrogen-bond donors (Lipinski definition) is 4. The SMILES string of the molecule is N=C/C(=C1/C=CC(c2cnn(C3CCNCC3)c2)=CN1)c1cc(NSC2CC2)cc(-c2ccc(F)cc2F)c1. The van der Waals surface area contributed by atoms with E-state index in [0.29, 0.717) is 28.0 Å². The van der Waals surface area contributed by atoms with Gasteiger partial charge in [-0.25, -0.2) is 8.78 Å². The summed E-state index contributed by atoms with van der Waals surface area (Å²) in [5, 5.41) is 20.1. The number of nitrogens with one attached hydrogen (secondary N) is 4. The van der Waals surface area contributed by atoms with Crippen LogP contribution in [-0.2, 0) is 0 Å². The summed E-state index contributed by atoms with van der Waals surface area (Å²) in [5.74, 6) is -1.23. The lowest BCUT2D eigenvalue weighted by Crippen LogP contribution is -2.29. The molecular formula is C30H30F2N6S. The molecule has 200 valence electrons. The molecule has 6 nitrogen and oxygen atoms in total. The Morgan fingerprint density at radius 3 is 2.62 bits per heavy atom. The van der Waals surface area contributed by atoms with Crippen molar-refractivity contribution in [3.05, 3.63) is 95.6 Å². The molecule has 3 aromatic rings. The Bertz CT molecular complexity index is 1480. The van der Waals surface area contributed by atoms with Gasteiger partial charge in [0.05, 0.1) is 12.2 Å². The van der Waals surface area contributed by atoms with E-state index >= 15 is 0 Å². The van der Waals surface area contributed by atoms with Gasteiger partial charge in [-0.05, 0) is 98.3 Å². The molecule has 1 saturated heterocycles. The summed E-state index contributed by atoms with van der Waals surface area (Å²) in [6, 6.07) is 9.70. The van der Waals surface area contributed by atoms with Gasteiger partial charge in [0.15, 0.2) is 0 Å². The van der Waals surface area contributed by atoms with E-state index in [0.717, 1.165) is 60.1 Å². The Kier molecular flexibility index (Phi) is 7.34. The van der Waals surface area contributed by atoms with Crippen molar-refractivity contribution < 1.29 is 8.78 Å². The maximum absolute atomic E-state index is 14.7. The minimum atomic E-state index is -0.620. The molecule has 9 heteroatoms. The first-order valence-corrected chi connectivity index (χ1v) is 14.1. The van der Waals surface area contributed by atoms with Crippen molar-refractivity contribution in [2.45, 2.75) is 37.0 Å². The lowest BCUT2D eigenvalue weighted by atomic mass is 9.96. The molecule has 0 unspecified atom stereocenters. The van der Waals surface area contributed by atoms with Crippen LogP contribution in [-0.4, -0.2) is 34.3 Å². The number of halogens is 2. The highest BCUT2D eigenvalue weighted by Gasteiger charge is 2.23. The van der Waals surface area contributed by atoms with E-state index in [9.17, 15) is 8.78 Å². The van der Waals surface area contributed by atoms with Crippen molar-refractivity contribution in [3.63, 3.8) is 0 Å². The van der Waals surface area contributed by atoms with E-state index in [1.165, 1.54) is 31.2 Å². The Morgan fingerprint density at radius 1 is 1.05 bits per heavy atom. The lowest BCUT2D eigenvalue weighted by molar-refractivity contribution is 0.343. The highest BCUT2D eigenvalue weighted by atomic mass is 32.2. The van der Waals surface area contributed by atoms with Crippen LogP contribution in [0.25, 0.3) is 22.3 Å². The first-order valence-electron chi connectivity index (χ1n) is 13.2. The summed E-state index contributed by atoms with van der Waals surface area (Å²) >= 11 is 1.65. The Morgan fingerprint density at radius 2 is 1.90 bits per heavy atom. The first-order chi connectivity index (χ1) is 19.1. The van der Waals surface area contributed by atoms with E-state index in [4.69, 9.17) is 5.41 Å². The lowest BCUT2D eigenvalue weighted by Gasteiger charge is -2.22. The minimum Gasteiger partial charge on any atom is -0.361 e. The summed E-state index contributed by atoms with van der Waals surface area (Å²) in [5.41, 5.74) is 5.96. The van der Waals surface area contributed by atoms with Crippen LogP contribution in [0.3, 0.4) is 0 Å². The third-order valence-electron chi connectivity index (χ3n) is 7.22. The van der Waals surface area contributed by atoms with E-state index in [-0.39, 0.29) is 0 Å². The van der Waals surface area contributed by atoms with Crippen molar-refractivity contribution in [3.8, 4) is 11.1 Å². The standard InChI is InChI=1S/C30H30F2N6S/c31-23-2-5-27(29(32)14-23)20-11-21(13-24(12-20)37-39-26-3-4-26)28(15-33)30-6-1-19(16-35-30)22-17-36-38(18-22)25-7-9-34-10-8-25/h1-2,5-6,11-18,25-26,33-35,37H,3-4,7-10H2/b30-28+,33-15?. The number of dihydropyridines is 1. The monoisotopic (exact) mass is 544 g/mol. The molecule has 2 fully saturated rings. The quantitative estimate of drug-likeness (QED) is 0.191. The van der Waals surface area contributed by atoms with Crippen LogP contribution in [0, 0.1) is 17.0 Å². The van der Waals surface area contributed by atoms with Gasteiger partial charge >= 0.3 is 0 Å². The number of benzene rings is 2. The van der Waals surface area contributed by atoms with Crippen LogP contribution >= 0.6 is 11.9 Å². The Hall–Kier alpha value is -3.69. The highest BCUT2D eigenvalue weighted by Crippen LogP contribution is 2.37. The molecule has 0 bridgehead atoms. The average Bonchev–Trinajstić information content (AvgIpc) is 3.66. The summed E-state index contributed by atoms with van der Waals surface area (Å²) in [6.07, 6.45) is 15.7. The molecule has 3 aliphatic rings. The Balaban J connectivity index is 1.29. The third kappa shape index (κ3) is 5.84. The predicted octanol–water partition coefficient (Wildman–Crippen LogP) is 6.54. The topological polar surface area (TPSA) is 77.8 Å². The zero-order valence-electron chi connectivity index (χ0n) is 21.4. The van der Waals surface area contributed by atoms with Crippen LogP contribution in [0.4, 0.5) is 14.5 Å². The number of piperidine rings is 1. The van der Waals surface area contributed by atoms with E-state index in [1.807, 2.05) is 42.7 Å². The van der Waals surface area contributed by atoms with E-state index in [1.54, 1.807) is 11.9 Å². The van der Waals surface area contributed by atoms with E-state index in [2.05, 4.69) is 31.3 Å². The molecule has 6 rings (SSSR count). The van der Waals surface area contributed by atoms with Gasteiger partial charge < -0.3 is 20.8 Å². The molecule has 2 aromatic carbocycles. The van der Waals surface area contributed by atoms with Gasteiger partial charge in [0, 0.05) is 63.6 Å². The predicted molar refractivity (Wildman–Crippen MR) is 155 cm³/mol. The van der Waals surface area contributed by atoms with Gasteiger partial charge in [0.1, 0.15) is 11.6 Å².